The first-order valence-electron chi connectivity index (χ1n) is 6.89. The van der Waals surface area contributed by atoms with Gasteiger partial charge >= 0.3 is 5.97 Å². The molecule has 1 aliphatic rings. The second-order valence-electron chi connectivity index (χ2n) is 4.74. The minimum Gasteiger partial charge on any atom is -0.466 e. The van der Waals surface area contributed by atoms with Gasteiger partial charge in [0.25, 0.3) is 0 Å². The molecule has 1 aliphatic heterocycles. The maximum atomic E-state index is 12.0. The van der Waals surface area contributed by atoms with Crippen LogP contribution in [0.1, 0.15) is 33.1 Å². The van der Waals surface area contributed by atoms with Gasteiger partial charge in [0, 0.05) is 25.2 Å². The molecule has 1 saturated heterocycles. The lowest BCUT2D eigenvalue weighted by atomic mass is 10.2. The van der Waals surface area contributed by atoms with E-state index in [1.807, 2.05) is 18.7 Å². The van der Waals surface area contributed by atoms with E-state index in [4.69, 9.17) is 0 Å². The van der Waals surface area contributed by atoms with E-state index in [0.29, 0.717) is 18.5 Å². The number of likely N-dealkylation sites (tertiary alicyclic amines) is 1. The average molecular weight is 268 g/mol. The van der Waals surface area contributed by atoms with Gasteiger partial charge in [0.15, 0.2) is 0 Å². The number of carbonyl (C=O) groups is 2. The highest BCUT2D eigenvalue weighted by molar-refractivity contribution is 5.88. The van der Waals surface area contributed by atoms with Crippen molar-refractivity contribution < 1.29 is 14.3 Å². The normalized spacial score (nSPS) is 17.4. The van der Waals surface area contributed by atoms with Crippen molar-refractivity contribution in [2.75, 3.05) is 26.7 Å². The summed E-state index contributed by atoms with van der Waals surface area (Å²) in [6.07, 6.45) is 4.61. The highest BCUT2D eigenvalue weighted by atomic mass is 16.5. The van der Waals surface area contributed by atoms with Gasteiger partial charge in [0.2, 0.25) is 5.91 Å². The number of carbonyl (C=O) groups excluding carboxylic acids is 2. The minimum atomic E-state index is -0.303. The lowest BCUT2D eigenvalue weighted by Gasteiger charge is -2.20. The third kappa shape index (κ3) is 4.67. The molecule has 0 aromatic rings. The van der Waals surface area contributed by atoms with E-state index in [1.54, 1.807) is 6.08 Å². The zero-order chi connectivity index (χ0) is 14.3. The fraction of sp³-hybridized carbons (Fsp3) is 0.714. The molecule has 1 atom stereocenters. The summed E-state index contributed by atoms with van der Waals surface area (Å²) in [7, 11) is 1.37. The van der Waals surface area contributed by atoms with Crippen LogP contribution in [-0.2, 0) is 14.3 Å². The van der Waals surface area contributed by atoms with Crippen LogP contribution in [0.2, 0.25) is 0 Å². The first-order chi connectivity index (χ1) is 9.10. The monoisotopic (exact) mass is 268 g/mol. The molecule has 0 bridgehead atoms. The van der Waals surface area contributed by atoms with Crippen LogP contribution >= 0.6 is 0 Å². The summed E-state index contributed by atoms with van der Waals surface area (Å²) in [5.74, 6) is -0.162. The Balaban J connectivity index is 2.40. The van der Waals surface area contributed by atoms with E-state index in [2.05, 4.69) is 10.1 Å². The van der Waals surface area contributed by atoms with Gasteiger partial charge in [-0.25, -0.2) is 4.79 Å². The number of hydrogen-bond acceptors (Lipinski definition) is 4. The van der Waals surface area contributed by atoms with Crippen molar-refractivity contribution >= 4 is 11.9 Å². The molecule has 1 unspecified atom stereocenters. The fourth-order valence-corrected chi connectivity index (χ4v) is 2.16. The number of methoxy groups -OCH3 is 1. The van der Waals surface area contributed by atoms with Gasteiger partial charge in [-0.1, -0.05) is 13.0 Å². The Morgan fingerprint density at radius 1 is 1.37 bits per heavy atom. The first-order valence-corrected chi connectivity index (χ1v) is 6.89. The van der Waals surface area contributed by atoms with Gasteiger partial charge in [-0.15, -0.1) is 0 Å². The largest absolute Gasteiger partial charge is 0.466 e. The number of ether oxygens (including phenoxy) is 1. The third-order valence-electron chi connectivity index (χ3n) is 3.39. The van der Waals surface area contributed by atoms with E-state index in [1.165, 1.54) is 7.11 Å². The summed E-state index contributed by atoms with van der Waals surface area (Å²) < 4.78 is 4.68. The number of amides is 1. The summed E-state index contributed by atoms with van der Waals surface area (Å²) in [6.45, 7) is 5.99. The van der Waals surface area contributed by atoms with Crippen molar-refractivity contribution in [1.82, 2.24) is 10.2 Å². The van der Waals surface area contributed by atoms with Crippen molar-refractivity contribution in [2.24, 2.45) is 0 Å². The molecular weight excluding hydrogens is 244 g/mol. The zero-order valence-electron chi connectivity index (χ0n) is 12.1. The van der Waals surface area contributed by atoms with Crippen LogP contribution in [0.15, 0.2) is 11.6 Å². The molecule has 0 aromatic carbocycles. The summed E-state index contributed by atoms with van der Waals surface area (Å²) in [5.41, 5.74) is 0.635. The molecule has 0 radical (unpaired) electrons. The Hall–Kier alpha value is -1.36. The van der Waals surface area contributed by atoms with Gasteiger partial charge in [0.1, 0.15) is 0 Å². The van der Waals surface area contributed by atoms with Gasteiger partial charge < -0.3 is 15.0 Å². The van der Waals surface area contributed by atoms with E-state index >= 15 is 0 Å². The summed E-state index contributed by atoms with van der Waals surface area (Å²) in [5, 5.41) is 3.13. The maximum absolute atomic E-state index is 12.0. The Labute approximate surface area is 115 Å². The predicted octanol–water partition coefficient (Wildman–Crippen LogP) is 1.10. The number of rotatable bonds is 6. The van der Waals surface area contributed by atoms with Crippen LogP contribution in [0.3, 0.4) is 0 Å². The molecule has 1 heterocycles. The Kier molecular flexibility index (Phi) is 6.56. The zero-order valence-corrected chi connectivity index (χ0v) is 12.1. The van der Waals surface area contributed by atoms with Gasteiger partial charge in [0.05, 0.1) is 13.2 Å². The number of nitrogens with one attached hydrogen (secondary N) is 1. The smallest absolute Gasteiger partial charge is 0.333 e. The van der Waals surface area contributed by atoms with Gasteiger partial charge in [-0.05, 0) is 26.2 Å². The van der Waals surface area contributed by atoms with Crippen molar-refractivity contribution in [2.45, 2.75) is 39.2 Å². The van der Waals surface area contributed by atoms with Crippen molar-refractivity contribution in [3.8, 4) is 0 Å². The Morgan fingerprint density at radius 2 is 2.00 bits per heavy atom. The molecule has 5 nitrogen and oxygen atoms in total. The summed E-state index contributed by atoms with van der Waals surface area (Å²) in [6, 6.07) is -0.217. The Bertz CT molecular complexity index is 347. The number of esters is 1. The molecule has 1 rings (SSSR count). The molecule has 0 spiro atoms. The van der Waals surface area contributed by atoms with E-state index in [0.717, 1.165) is 25.9 Å². The maximum Gasteiger partial charge on any atom is 0.333 e. The third-order valence-corrected chi connectivity index (χ3v) is 3.39. The van der Waals surface area contributed by atoms with E-state index in [9.17, 15) is 9.59 Å². The minimum absolute atomic E-state index is 0.141. The van der Waals surface area contributed by atoms with Crippen LogP contribution in [0.4, 0.5) is 0 Å². The molecule has 1 amide bonds. The SMILES string of the molecule is CCC(=CCNC(C)C(=O)N1CCCC1)C(=O)OC. The molecular formula is C14H24N2O3. The predicted molar refractivity (Wildman–Crippen MR) is 73.7 cm³/mol. The van der Waals surface area contributed by atoms with Crippen LogP contribution in [0.25, 0.3) is 0 Å². The van der Waals surface area contributed by atoms with E-state index in [-0.39, 0.29) is 17.9 Å². The Morgan fingerprint density at radius 3 is 2.53 bits per heavy atom. The van der Waals surface area contributed by atoms with Crippen molar-refractivity contribution in [3.05, 3.63) is 11.6 Å². The number of hydrogen-bond donors (Lipinski definition) is 1. The van der Waals surface area contributed by atoms with E-state index < -0.39 is 0 Å². The highest BCUT2D eigenvalue weighted by Crippen LogP contribution is 2.09. The molecule has 0 saturated carbocycles. The number of nitrogens with zero attached hydrogens (tertiary/aromatic N) is 1. The van der Waals surface area contributed by atoms with Crippen LogP contribution in [-0.4, -0.2) is 49.6 Å². The molecule has 1 fully saturated rings. The molecule has 1 N–H and O–H groups in total. The molecule has 0 aliphatic carbocycles. The van der Waals surface area contributed by atoms with Crippen LogP contribution in [0, 0.1) is 0 Å². The topological polar surface area (TPSA) is 58.6 Å². The second kappa shape index (κ2) is 7.94. The van der Waals surface area contributed by atoms with Gasteiger partial charge in [-0.3, -0.25) is 4.79 Å². The highest BCUT2D eigenvalue weighted by Gasteiger charge is 2.22. The van der Waals surface area contributed by atoms with Crippen molar-refractivity contribution in [1.29, 1.82) is 0 Å². The summed E-state index contributed by atoms with van der Waals surface area (Å²) >= 11 is 0. The van der Waals surface area contributed by atoms with Crippen LogP contribution < -0.4 is 5.32 Å². The lowest BCUT2D eigenvalue weighted by Crippen LogP contribution is -2.43. The molecule has 5 heteroatoms. The standard InChI is InChI=1S/C14H24N2O3/c1-4-12(14(18)19-3)7-8-15-11(2)13(17)16-9-5-6-10-16/h7,11,15H,4-6,8-10H2,1-3H3. The second-order valence-corrected chi connectivity index (χ2v) is 4.74. The molecule has 19 heavy (non-hydrogen) atoms. The van der Waals surface area contributed by atoms with Crippen molar-refractivity contribution in [3.63, 3.8) is 0 Å². The first kappa shape index (κ1) is 15.7. The average Bonchev–Trinajstić information content (AvgIpc) is 2.95. The lowest BCUT2D eigenvalue weighted by molar-refractivity contribution is -0.136. The molecule has 0 aromatic heterocycles. The van der Waals surface area contributed by atoms with Crippen LogP contribution in [0.5, 0.6) is 0 Å². The fourth-order valence-electron chi connectivity index (χ4n) is 2.16. The quantitative estimate of drug-likeness (QED) is 0.579. The molecule has 108 valence electrons. The summed E-state index contributed by atoms with van der Waals surface area (Å²) in [4.78, 5) is 25.3. The van der Waals surface area contributed by atoms with Gasteiger partial charge in [-0.2, -0.15) is 0 Å².